The van der Waals surface area contributed by atoms with Crippen molar-refractivity contribution in [1.82, 2.24) is 0 Å². The van der Waals surface area contributed by atoms with Crippen LogP contribution < -0.4 is 0 Å². The number of aliphatic carboxylic acids is 1. The highest BCUT2D eigenvalue weighted by Gasteiger charge is 2.02. The number of hydrogen-bond acceptors (Lipinski definition) is 1. The molecule has 0 radical (unpaired) electrons. The molecule has 0 saturated heterocycles. The van der Waals surface area contributed by atoms with E-state index in [0.717, 1.165) is 12.8 Å². The summed E-state index contributed by atoms with van der Waals surface area (Å²) < 4.78 is 0. The topological polar surface area (TPSA) is 37.3 Å². The fraction of sp³-hybridized carbons (Fsp3) is 0.769. The minimum Gasteiger partial charge on any atom is -0.478 e. The van der Waals surface area contributed by atoms with Crippen LogP contribution in [-0.4, -0.2) is 11.1 Å². The van der Waals surface area contributed by atoms with Crippen LogP contribution in [0.4, 0.5) is 0 Å². The predicted molar refractivity (Wildman–Crippen MR) is 64.0 cm³/mol. The molecular weight excluding hydrogens is 188 g/mol. The first-order chi connectivity index (χ1) is 7.18. The summed E-state index contributed by atoms with van der Waals surface area (Å²) in [7, 11) is 0. The van der Waals surface area contributed by atoms with E-state index in [1.165, 1.54) is 38.5 Å². The van der Waals surface area contributed by atoms with Crippen LogP contribution in [0.15, 0.2) is 12.2 Å². The summed E-state index contributed by atoms with van der Waals surface area (Å²) in [5.74, 6) is -0.849. The standard InChI is InChI=1S/C13H24O2/c1-3-4-5-6-7-8-9-10-11-12(2)13(14)15/h2-11H2,1H3,(H,14,15). The number of carboxylic acids is 1. The van der Waals surface area contributed by atoms with Crippen molar-refractivity contribution in [2.45, 2.75) is 64.7 Å². The second-order valence-corrected chi connectivity index (χ2v) is 4.13. The molecule has 1 N–H and O–H groups in total. The van der Waals surface area contributed by atoms with Crippen LogP contribution in [0.1, 0.15) is 64.7 Å². The van der Waals surface area contributed by atoms with E-state index in [4.69, 9.17) is 5.11 Å². The monoisotopic (exact) mass is 212 g/mol. The first kappa shape index (κ1) is 14.2. The first-order valence-corrected chi connectivity index (χ1v) is 6.09. The van der Waals surface area contributed by atoms with Gasteiger partial charge >= 0.3 is 5.97 Å². The van der Waals surface area contributed by atoms with Gasteiger partial charge in [-0.3, -0.25) is 0 Å². The second kappa shape index (κ2) is 9.75. The van der Waals surface area contributed by atoms with E-state index in [2.05, 4.69) is 13.5 Å². The molecule has 0 aromatic carbocycles. The Bertz CT molecular complexity index is 185. The van der Waals surface area contributed by atoms with Gasteiger partial charge in [0.15, 0.2) is 0 Å². The Balaban J connectivity index is 3.11. The minimum absolute atomic E-state index is 0.348. The molecule has 0 rings (SSSR count). The van der Waals surface area contributed by atoms with Gasteiger partial charge in [0.1, 0.15) is 0 Å². The molecule has 0 bridgehead atoms. The van der Waals surface area contributed by atoms with Gasteiger partial charge in [0.05, 0.1) is 0 Å². The summed E-state index contributed by atoms with van der Waals surface area (Å²) in [6, 6.07) is 0. The Hall–Kier alpha value is -0.790. The molecule has 2 heteroatoms. The highest BCUT2D eigenvalue weighted by atomic mass is 16.4. The van der Waals surface area contributed by atoms with Gasteiger partial charge in [-0.15, -0.1) is 0 Å². The molecule has 0 aliphatic heterocycles. The molecule has 0 spiro atoms. The van der Waals surface area contributed by atoms with Gasteiger partial charge in [0, 0.05) is 5.57 Å². The number of hydrogen-bond donors (Lipinski definition) is 1. The molecule has 0 aliphatic rings. The van der Waals surface area contributed by atoms with Crippen molar-refractivity contribution in [2.24, 2.45) is 0 Å². The van der Waals surface area contributed by atoms with Crippen LogP contribution >= 0.6 is 0 Å². The Labute approximate surface area is 93.4 Å². The van der Waals surface area contributed by atoms with Gasteiger partial charge in [-0.25, -0.2) is 4.79 Å². The van der Waals surface area contributed by atoms with Crippen LogP contribution in [0.2, 0.25) is 0 Å². The third-order valence-electron chi connectivity index (χ3n) is 2.63. The predicted octanol–water partition coefficient (Wildman–Crippen LogP) is 4.16. The van der Waals surface area contributed by atoms with Gasteiger partial charge < -0.3 is 5.11 Å². The van der Waals surface area contributed by atoms with Crippen molar-refractivity contribution < 1.29 is 9.90 Å². The van der Waals surface area contributed by atoms with Crippen LogP contribution in [0.5, 0.6) is 0 Å². The van der Waals surface area contributed by atoms with Crippen molar-refractivity contribution in [3.8, 4) is 0 Å². The van der Waals surface area contributed by atoms with E-state index in [1.807, 2.05) is 0 Å². The van der Waals surface area contributed by atoms with E-state index in [1.54, 1.807) is 0 Å². The number of unbranched alkanes of at least 4 members (excludes halogenated alkanes) is 7. The lowest BCUT2D eigenvalue weighted by atomic mass is 10.1. The van der Waals surface area contributed by atoms with E-state index in [0.29, 0.717) is 12.0 Å². The zero-order valence-electron chi connectivity index (χ0n) is 9.93. The molecule has 0 aliphatic carbocycles. The number of carbonyl (C=O) groups is 1. The van der Waals surface area contributed by atoms with Gasteiger partial charge in [0.25, 0.3) is 0 Å². The van der Waals surface area contributed by atoms with Crippen molar-refractivity contribution in [2.75, 3.05) is 0 Å². The molecule has 0 unspecified atom stereocenters. The SMILES string of the molecule is C=C(CCCCCCCCCC)C(=O)O. The average Bonchev–Trinajstić information content (AvgIpc) is 2.21. The fourth-order valence-electron chi connectivity index (χ4n) is 1.58. The van der Waals surface area contributed by atoms with Crippen molar-refractivity contribution in [3.05, 3.63) is 12.2 Å². The summed E-state index contributed by atoms with van der Waals surface area (Å²) >= 11 is 0. The number of rotatable bonds is 10. The third kappa shape index (κ3) is 9.51. The zero-order valence-corrected chi connectivity index (χ0v) is 9.93. The molecular formula is C13H24O2. The van der Waals surface area contributed by atoms with E-state index < -0.39 is 5.97 Å². The van der Waals surface area contributed by atoms with E-state index in [-0.39, 0.29) is 0 Å². The van der Waals surface area contributed by atoms with E-state index in [9.17, 15) is 4.79 Å². The van der Waals surface area contributed by atoms with Crippen molar-refractivity contribution >= 4 is 5.97 Å². The second-order valence-electron chi connectivity index (χ2n) is 4.13. The maximum absolute atomic E-state index is 10.4. The molecule has 0 saturated carbocycles. The summed E-state index contributed by atoms with van der Waals surface area (Å²) in [6.07, 6.45) is 10.6. The normalized spacial score (nSPS) is 10.2. The minimum atomic E-state index is -0.849. The molecule has 0 heterocycles. The third-order valence-corrected chi connectivity index (χ3v) is 2.63. The van der Waals surface area contributed by atoms with Crippen LogP contribution in [0.25, 0.3) is 0 Å². The molecule has 0 fully saturated rings. The van der Waals surface area contributed by atoms with Crippen LogP contribution in [0, 0.1) is 0 Å². The molecule has 0 amide bonds. The molecule has 0 atom stereocenters. The highest BCUT2D eigenvalue weighted by molar-refractivity contribution is 5.85. The molecule has 15 heavy (non-hydrogen) atoms. The maximum Gasteiger partial charge on any atom is 0.330 e. The summed E-state index contributed by atoms with van der Waals surface area (Å²) in [5.41, 5.74) is 0.348. The Morgan fingerprint density at radius 2 is 1.47 bits per heavy atom. The van der Waals surface area contributed by atoms with Crippen molar-refractivity contribution in [1.29, 1.82) is 0 Å². The lowest BCUT2D eigenvalue weighted by Gasteiger charge is -2.01. The van der Waals surface area contributed by atoms with Gasteiger partial charge in [-0.05, 0) is 12.8 Å². The van der Waals surface area contributed by atoms with Gasteiger partial charge in [-0.2, -0.15) is 0 Å². The Morgan fingerprint density at radius 3 is 1.93 bits per heavy atom. The fourth-order valence-corrected chi connectivity index (χ4v) is 1.58. The zero-order chi connectivity index (χ0) is 11.5. The smallest absolute Gasteiger partial charge is 0.330 e. The lowest BCUT2D eigenvalue weighted by Crippen LogP contribution is -1.98. The Kier molecular flexibility index (Phi) is 9.24. The number of carboxylic acid groups (broad SMARTS) is 1. The van der Waals surface area contributed by atoms with Gasteiger partial charge in [0.2, 0.25) is 0 Å². The summed E-state index contributed by atoms with van der Waals surface area (Å²) in [5, 5.41) is 8.58. The average molecular weight is 212 g/mol. The van der Waals surface area contributed by atoms with Crippen LogP contribution in [-0.2, 0) is 4.79 Å². The largest absolute Gasteiger partial charge is 0.478 e. The summed E-state index contributed by atoms with van der Waals surface area (Å²) in [4.78, 5) is 10.4. The van der Waals surface area contributed by atoms with E-state index >= 15 is 0 Å². The lowest BCUT2D eigenvalue weighted by molar-refractivity contribution is -0.132. The van der Waals surface area contributed by atoms with Crippen molar-refractivity contribution in [3.63, 3.8) is 0 Å². The molecule has 0 aromatic rings. The highest BCUT2D eigenvalue weighted by Crippen LogP contribution is 2.11. The summed E-state index contributed by atoms with van der Waals surface area (Å²) in [6.45, 7) is 5.73. The quantitative estimate of drug-likeness (QED) is 0.436. The Morgan fingerprint density at radius 1 is 1.00 bits per heavy atom. The molecule has 88 valence electrons. The van der Waals surface area contributed by atoms with Gasteiger partial charge in [-0.1, -0.05) is 58.4 Å². The first-order valence-electron chi connectivity index (χ1n) is 6.09. The maximum atomic E-state index is 10.4. The molecule has 0 aromatic heterocycles. The van der Waals surface area contributed by atoms with Crippen LogP contribution in [0.3, 0.4) is 0 Å². The molecule has 2 nitrogen and oxygen atoms in total.